The summed E-state index contributed by atoms with van der Waals surface area (Å²) in [5, 5.41) is 12.2. The summed E-state index contributed by atoms with van der Waals surface area (Å²) in [7, 11) is 0. The minimum absolute atomic E-state index is 0.232. The summed E-state index contributed by atoms with van der Waals surface area (Å²) in [5.74, 6) is 0.507. The lowest BCUT2D eigenvalue weighted by Gasteiger charge is -2.22. The van der Waals surface area contributed by atoms with Crippen molar-refractivity contribution < 1.29 is 5.11 Å². The van der Waals surface area contributed by atoms with E-state index in [9.17, 15) is 0 Å². The van der Waals surface area contributed by atoms with Gasteiger partial charge in [0.05, 0.1) is 6.61 Å². The second-order valence-corrected chi connectivity index (χ2v) is 3.35. The number of hydrogen-bond donors (Lipinski definition) is 2. The summed E-state index contributed by atoms with van der Waals surface area (Å²) in [6, 6.07) is 0.708. The van der Waals surface area contributed by atoms with E-state index >= 15 is 0 Å². The van der Waals surface area contributed by atoms with E-state index in [1.165, 1.54) is 0 Å². The molecule has 0 saturated heterocycles. The highest BCUT2D eigenvalue weighted by Gasteiger charge is 2.11. The van der Waals surface area contributed by atoms with Crippen LogP contribution < -0.4 is 5.32 Å². The molecule has 0 bridgehead atoms. The van der Waals surface area contributed by atoms with Crippen LogP contribution in [0.1, 0.15) is 27.7 Å². The maximum absolute atomic E-state index is 8.88. The maximum Gasteiger partial charge on any atom is 0.0587 e. The first-order valence-corrected chi connectivity index (χ1v) is 3.94. The highest BCUT2D eigenvalue weighted by molar-refractivity contribution is 4.70. The number of hydrogen-bond acceptors (Lipinski definition) is 2. The summed E-state index contributed by atoms with van der Waals surface area (Å²) < 4.78 is 0. The van der Waals surface area contributed by atoms with Crippen LogP contribution in [0.3, 0.4) is 0 Å². The van der Waals surface area contributed by atoms with Crippen LogP contribution >= 0.6 is 0 Å². The maximum atomic E-state index is 8.88. The molecule has 1 unspecified atom stereocenters. The first-order valence-electron chi connectivity index (χ1n) is 3.94. The Balaban J connectivity index is 3.60. The summed E-state index contributed by atoms with van der Waals surface area (Å²) in [6.07, 6.45) is 0. The Morgan fingerprint density at radius 3 is 1.80 bits per heavy atom. The van der Waals surface area contributed by atoms with Crippen molar-refractivity contribution in [2.75, 3.05) is 6.61 Å². The van der Waals surface area contributed by atoms with E-state index in [0.717, 1.165) is 0 Å². The quantitative estimate of drug-likeness (QED) is 0.618. The lowest BCUT2D eigenvalue weighted by atomic mass is 10.0. The zero-order chi connectivity index (χ0) is 8.15. The number of aliphatic hydroxyl groups is 1. The highest BCUT2D eigenvalue weighted by Crippen LogP contribution is 2.00. The molecular formula is C8H19NO. The first kappa shape index (κ1) is 9.92. The van der Waals surface area contributed by atoms with Crippen molar-refractivity contribution in [1.82, 2.24) is 5.32 Å². The predicted molar refractivity (Wildman–Crippen MR) is 44.0 cm³/mol. The Hall–Kier alpha value is -0.0800. The van der Waals surface area contributed by atoms with Crippen molar-refractivity contribution in [2.24, 2.45) is 5.92 Å². The predicted octanol–water partition coefficient (Wildman–Crippen LogP) is 1.00. The third-order valence-corrected chi connectivity index (χ3v) is 1.55. The van der Waals surface area contributed by atoms with Crippen molar-refractivity contribution in [3.63, 3.8) is 0 Å². The van der Waals surface area contributed by atoms with Gasteiger partial charge in [-0.3, -0.25) is 0 Å². The van der Waals surface area contributed by atoms with Crippen LogP contribution in [-0.2, 0) is 0 Å². The second kappa shape index (κ2) is 4.69. The summed E-state index contributed by atoms with van der Waals surface area (Å²) >= 11 is 0. The summed E-state index contributed by atoms with van der Waals surface area (Å²) in [6.45, 7) is 8.62. The van der Waals surface area contributed by atoms with Crippen LogP contribution in [0.25, 0.3) is 0 Å². The van der Waals surface area contributed by atoms with Gasteiger partial charge in [-0.2, -0.15) is 0 Å². The Morgan fingerprint density at radius 1 is 1.20 bits per heavy atom. The average Bonchev–Trinajstić information content (AvgIpc) is 1.81. The van der Waals surface area contributed by atoms with Gasteiger partial charge in [0.1, 0.15) is 0 Å². The minimum Gasteiger partial charge on any atom is -0.395 e. The minimum atomic E-state index is 0.232. The van der Waals surface area contributed by atoms with Gasteiger partial charge in [-0.25, -0.2) is 0 Å². The van der Waals surface area contributed by atoms with Crippen molar-refractivity contribution in [1.29, 1.82) is 0 Å². The average molecular weight is 145 g/mol. The molecule has 0 saturated carbocycles. The molecule has 0 aromatic heterocycles. The monoisotopic (exact) mass is 145 g/mol. The van der Waals surface area contributed by atoms with Gasteiger partial charge in [0.15, 0.2) is 0 Å². The SMILES string of the molecule is CC(C)NC(CO)C(C)C. The fourth-order valence-corrected chi connectivity index (χ4v) is 0.884. The van der Waals surface area contributed by atoms with E-state index < -0.39 is 0 Å². The van der Waals surface area contributed by atoms with Crippen LogP contribution in [0.2, 0.25) is 0 Å². The molecule has 0 heterocycles. The zero-order valence-corrected chi connectivity index (χ0v) is 7.39. The van der Waals surface area contributed by atoms with Crippen LogP contribution in [0.4, 0.5) is 0 Å². The molecule has 2 nitrogen and oxygen atoms in total. The third kappa shape index (κ3) is 3.85. The van der Waals surface area contributed by atoms with E-state index in [4.69, 9.17) is 5.11 Å². The standard InChI is InChI=1S/C8H19NO/c1-6(2)8(5-10)9-7(3)4/h6-10H,5H2,1-4H3. The zero-order valence-electron chi connectivity index (χ0n) is 7.39. The number of aliphatic hydroxyl groups excluding tert-OH is 1. The number of nitrogens with one attached hydrogen (secondary N) is 1. The van der Waals surface area contributed by atoms with Crippen molar-refractivity contribution in [3.05, 3.63) is 0 Å². The molecule has 0 aliphatic carbocycles. The van der Waals surface area contributed by atoms with Crippen LogP contribution in [-0.4, -0.2) is 23.8 Å². The largest absolute Gasteiger partial charge is 0.395 e. The lowest BCUT2D eigenvalue weighted by Crippen LogP contribution is -2.41. The van der Waals surface area contributed by atoms with Gasteiger partial charge in [-0.1, -0.05) is 27.7 Å². The fourth-order valence-electron chi connectivity index (χ4n) is 0.884. The van der Waals surface area contributed by atoms with E-state index in [0.29, 0.717) is 12.0 Å². The fraction of sp³-hybridized carbons (Fsp3) is 1.00. The van der Waals surface area contributed by atoms with Gasteiger partial charge in [0.2, 0.25) is 0 Å². The van der Waals surface area contributed by atoms with Crippen molar-refractivity contribution in [2.45, 2.75) is 39.8 Å². The third-order valence-electron chi connectivity index (χ3n) is 1.55. The molecule has 1 atom stereocenters. The van der Waals surface area contributed by atoms with Gasteiger partial charge in [-0.15, -0.1) is 0 Å². The molecule has 0 rings (SSSR count). The van der Waals surface area contributed by atoms with Crippen molar-refractivity contribution in [3.8, 4) is 0 Å². The molecule has 0 aliphatic heterocycles. The normalized spacial score (nSPS) is 14.7. The Labute approximate surface area is 63.6 Å². The first-order chi connectivity index (χ1) is 4.57. The Bertz CT molecular complexity index is 81.3. The molecule has 0 fully saturated rings. The molecule has 10 heavy (non-hydrogen) atoms. The van der Waals surface area contributed by atoms with Gasteiger partial charge < -0.3 is 10.4 Å². The van der Waals surface area contributed by atoms with E-state index in [2.05, 4.69) is 33.0 Å². The van der Waals surface area contributed by atoms with Crippen LogP contribution in [0.15, 0.2) is 0 Å². The van der Waals surface area contributed by atoms with E-state index in [-0.39, 0.29) is 12.6 Å². The molecule has 0 aromatic carbocycles. The summed E-state index contributed by atoms with van der Waals surface area (Å²) in [4.78, 5) is 0. The van der Waals surface area contributed by atoms with Crippen molar-refractivity contribution >= 4 is 0 Å². The lowest BCUT2D eigenvalue weighted by molar-refractivity contribution is 0.203. The molecule has 0 aliphatic rings. The van der Waals surface area contributed by atoms with Gasteiger partial charge in [0, 0.05) is 12.1 Å². The van der Waals surface area contributed by atoms with Crippen LogP contribution in [0.5, 0.6) is 0 Å². The summed E-state index contributed by atoms with van der Waals surface area (Å²) in [5.41, 5.74) is 0. The van der Waals surface area contributed by atoms with Gasteiger partial charge in [-0.05, 0) is 5.92 Å². The molecule has 62 valence electrons. The Morgan fingerprint density at radius 2 is 1.70 bits per heavy atom. The van der Waals surface area contributed by atoms with E-state index in [1.807, 2.05) is 0 Å². The smallest absolute Gasteiger partial charge is 0.0587 e. The molecular weight excluding hydrogens is 126 g/mol. The molecule has 0 amide bonds. The van der Waals surface area contributed by atoms with Crippen LogP contribution in [0, 0.1) is 5.92 Å². The Kier molecular flexibility index (Phi) is 4.65. The topological polar surface area (TPSA) is 32.3 Å². The molecule has 2 heteroatoms. The highest BCUT2D eigenvalue weighted by atomic mass is 16.3. The van der Waals surface area contributed by atoms with Gasteiger partial charge >= 0.3 is 0 Å². The molecule has 0 radical (unpaired) electrons. The second-order valence-electron chi connectivity index (χ2n) is 3.35. The van der Waals surface area contributed by atoms with Gasteiger partial charge in [0.25, 0.3) is 0 Å². The van der Waals surface area contributed by atoms with E-state index in [1.54, 1.807) is 0 Å². The molecule has 2 N–H and O–H groups in total. The number of rotatable bonds is 4. The molecule has 0 aromatic rings. The molecule has 0 spiro atoms.